The summed E-state index contributed by atoms with van der Waals surface area (Å²) in [6.07, 6.45) is 0. The number of benzene rings is 2. The number of methoxy groups -OCH3 is 1. The molecule has 166 valence electrons. The van der Waals surface area contributed by atoms with Crippen LogP contribution in [0.3, 0.4) is 0 Å². The van der Waals surface area contributed by atoms with E-state index in [4.69, 9.17) is 9.47 Å². The normalized spacial score (nSPS) is 14.1. The zero-order chi connectivity index (χ0) is 22.6. The van der Waals surface area contributed by atoms with Gasteiger partial charge in [0.15, 0.2) is 11.5 Å². The molecule has 1 aliphatic heterocycles. The second-order valence-corrected chi connectivity index (χ2v) is 8.92. The monoisotopic (exact) mass is 448 g/mol. The van der Waals surface area contributed by atoms with E-state index in [0.29, 0.717) is 36.0 Å². The Morgan fingerprint density at radius 2 is 1.65 bits per heavy atom. The Labute approximate surface area is 180 Å². The number of carbonyl (C=O) groups is 2. The van der Waals surface area contributed by atoms with Gasteiger partial charge in [0.25, 0.3) is 0 Å². The van der Waals surface area contributed by atoms with Crippen molar-refractivity contribution in [2.45, 2.75) is 24.8 Å². The predicted octanol–water partition coefficient (Wildman–Crippen LogP) is 2.19. The molecule has 0 fully saturated rings. The Morgan fingerprint density at radius 1 is 1.00 bits per heavy atom. The Morgan fingerprint density at radius 3 is 2.26 bits per heavy atom. The van der Waals surface area contributed by atoms with Crippen LogP contribution in [-0.2, 0) is 19.6 Å². The van der Waals surface area contributed by atoms with Crippen molar-refractivity contribution in [3.8, 4) is 11.5 Å². The third kappa shape index (κ3) is 5.33. The lowest BCUT2D eigenvalue weighted by Crippen LogP contribution is -2.47. The van der Waals surface area contributed by atoms with Crippen molar-refractivity contribution in [1.82, 2.24) is 4.72 Å². The molecule has 2 aromatic rings. The van der Waals surface area contributed by atoms with E-state index in [2.05, 4.69) is 14.8 Å². The quantitative estimate of drug-likeness (QED) is 0.623. The molecule has 1 amide bonds. The van der Waals surface area contributed by atoms with E-state index in [9.17, 15) is 18.0 Å². The second-order valence-electron chi connectivity index (χ2n) is 7.21. The lowest BCUT2D eigenvalue weighted by Gasteiger charge is -2.23. The number of nitrogens with one attached hydrogen (secondary N) is 2. The van der Waals surface area contributed by atoms with Gasteiger partial charge in [-0.1, -0.05) is 13.8 Å². The van der Waals surface area contributed by atoms with Crippen molar-refractivity contribution in [2.75, 3.05) is 25.6 Å². The lowest BCUT2D eigenvalue weighted by atomic mass is 10.0. The van der Waals surface area contributed by atoms with E-state index in [1.165, 1.54) is 49.6 Å². The number of carbonyl (C=O) groups excluding carboxylic acids is 2. The highest BCUT2D eigenvalue weighted by Gasteiger charge is 2.29. The molecule has 1 atom stereocenters. The molecule has 2 aromatic carbocycles. The molecule has 0 bridgehead atoms. The molecule has 1 heterocycles. The van der Waals surface area contributed by atoms with Crippen molar-refractivity contribution in [2.24, 2.45) is 5.92 Å². The highest BCUT2D eigenvalue weighted by Crippen LogP contribution is 2.32. The van der Waals surface area contributed by atoms with Crippen molar-refractivity contribution >= 4 is 27.6 Å². The Bertz CT molecular complexity index is 1070. The fourth-order valence-corrected chi connectivity index (χ4v) is 4.30. The fourth-order valence-electron chi connectivity index (χ4n) is 2.95. The van der Waals surface area contributed by atoms with Crippen LogP contribution in [0.1, 0.15) is 24.2 Å². The van der Waals surface area contributed by atoms with E-state index in [1.54, 1.807) is 13.8 Å². The molecular weight excluding hydrogens is 424 g/mol. The first-order valence-electron chi connectivity index (χ1n) is 9.62. The van der Waals surface area contributed by atoms with Gasteiger partial charge >= 0.3 is 5.97 Å². The minimum Gasteiger partial charge on any atom is -0.486 e. The Kier molecular flexibility index (Phi) is 6.81. The molecule has 0 radical (unpaired) electrons. The molecule has 0 saturated heterocycles. The highest BCUT2D eigenvalue weighted by molar-refractivity contribution is 7.89. The summed E-state index contributed by atoms with van der Waals surface area (Å²) in [5, 5.41) is 2.67. The molecule has 1 aliphatic rings. The van der Waals surface area contributed by atoms with E-state index in [-0.39, 0.29) is 10.8 Å². The summed E-state index contributed by atoms with van der Waals surface area (Å²) in [6, 6.07) is 9.35. The van der Waals surface area contributed by atoms with E-state index >= 15 is 0 Å². The number of fused-ring (bicyclic) bond motifs is 1. The Balaban J connectivity index is 1.75. The average Bonchev–Trinajstić information content (AvgIpc) is 2.76. The molecule has 0 aromatic heterocycles. The van der Waals surface area contributed by atoms with Gasteiger partial charge in [-0.3, -0.25) is 4.79 Å². The summed E-state index contributed by atoms with van der Waals surface area (Å²) >= 11 is 0. The van der Waals surface area contributed by atoms with Crippen molar-refractivity contribution < 1.29 is 32.2 Å². The molecule has 2 N–H and O–H groups in total. The number of hydrogen-bond acceptors (Lipinski definition) is 7. The average molecular weight is 448 g/mol. The van der Waals surface area contributed by atoms with Crippen molar-refractivity contribution in [1.29, 1.82) is 0 Å². The molecule has 9 nitrogen and oxygen atoms in total. The summed E-state index contributed by atoms with van der Waals surface area (Å²) in [7, 11) is -2.73. The van der Waals surface area contributed by atoms with Gasteiger partial charge < -0.3 is 19.5 Å². The first-order valence-corrected chi connectivity index (χ1v) is 11.1. The first kappa shape index (κ1) is 22.6. The van der Waals surface area contributed by atoms with Gasteiger partial charge in [-0.15, -0.1) is 0 Å². The van der Waals surface area contributed by atoms with Crippen LogP contribution in [0.15, 0.2) is 47.4 Å². The van der Waals surface area contributed by atoms with Crippen LogP contribution in [0.2, 0.25) is 0 Å². The van der Waals surface area contributed by atoms with Crippen molar-refractivity contribution in [3.63, 3.8) is 0 Å². The highest BCUT2D eigenvalue weighted by atomic mass is 32.2. The van der Waals surface area contributed by atoms with Gasteiger partial charge in [0, 0.05) is 11.8 Å². The van der Waals surface area contributed by atoms with Crippen LogP contribution < -0.4 is 19.5 Å². The van der Waals surface area contributed by atoms with Gasteiger partial charge in [-0.2, -0.15) is 4.72 Å². The number of sulfonamides is 1. The molecule has 31 heavy (non-hydrogen) atoms. The van der Waals surface area contributed by atoms with Gasteiger partial charge in [0.2, 0.25) is 15.9 Å². The minimum atomic E-state index is -4.00. The maximum atomic E-state index is 12.9. The number of rotatable bonds is 7. The minimum absolute atomic E-state index is 0.0300. The molecule has 0 aliphatic carbocycles. The number of esters is 1. The van der Waals surface area contributed by atoms with Crippen LogP contribution in [0, 0.1) is 5.92 Å². The van der Waals surface area contributed by atoms with Gasteiger partial charge in [0.05, 0.1) is 17.6 Å². The smallest absolute Gasteiger partial charge is 0.337 e. The SMILES string of the molecule is COC(=O)c1ccc(NC(=O)C(NS(=O)(=O)c2ccc3c(c2)OCCO3)C(C)C)cc1. The van der Waals surface area contributed by atoms with E-state index in [0.717, 1.165) is 0 Å². The van der Waals surface area contributed by atoms with Gasteiger partial charge in [-0.05, 0) is 42.3 Å². The van der Waals surface area contributed by atoms with E-state index in [1.807, 2.05) is 0 Å². The van der Waals surface area contributed by atoms with Crippen LogP contribution in [0.5, 0.6) is 11.5 Å². The van der Waals surface area contributed by atoms with Crippen LogP contribution in [-0.4, -0.2) is 46.7 Å². The van der Waals surface area contributed by atoms with Crippen molar-refractivity contribution in [3.05, 3.63) is 48.0 Å². The van der Waals surface area contributed by atoms with Crippen LogP contribution >= 0.6 is 0 Å². The standard InChI is InChI=1S/C21H24N2O7S/c1-13(2)19(20(24)22-15-6-4-14(5-7-15)21(25)28-3)23-31(26,27)16-8-9-17-18(12-16)30-11-10-29-17/h4-9,12-13,19,23H,10-11H2,1-3H3,(H,22,24). The largest absolute Gasteiger partial charge is 0.486 e. The summed E-state index contributed by atoms with van der Waals surface area (Å²) in [5.74, 6) is -0.544. The zero-order valence-electron chi connectivity index (χ0n) is 17.4. The maximum absolute atomic E-state index is 12.9. The number of hydrogen-bond donors (Lipinski definition) is 2. The zero-order valence-corrected chi connectivity index (χ0v) is 18.2. The third-order valence-corrected chi connectivity index (χ3v) is 6.07. The topological polar surface area (TPSA) is 120 Å². The summed E-state index contributed by atoms with van der Waals surface area (Å²) in [6.45, 7) is 4.19. The second kappa shape index (κ2) is 9.36. The van der Waals surface area contributed by atoms with Gasteiger partial charge in [-0.25, -0.2) is 13.2 Å². The van der Waals surface area contributed by atoms with Crippen LogP contribution in [0.4, 0.5) is 5.69 Å². The summed E-state index contributed by atoms with van der Waals surface area (Å²) in [5.41, 5.74) is 0.752. The summed E-state index contributed by atoms with van der Waals surface area (Å²) < 4.78 is 43.8. The molecule has 3 rings (SSSR count). The molecule has 0 spiro atoms. The van der Waals surface area contributed by atoms with Gasteiger partial charge in [0.1, 0.15) is 19.3 Å². The molecule has 1 unspecified atom stereocenters. The predicted molar refractivity (Wildman–Crippen MR) is 113 cm³/mol. The lowest BCUT2D eigenvalue weighted by molar-refractivity contribution is -0.118. The number of anilines is 1. The van der Waals surface area contributed by atoms with E-state index < -0.39 is 27.9 Å². The first-order chi connectivity index (χ1) is 14.7. The molecular formula is C21H24N2O7S. The molecule has 10 heteroatoms. The number of amides is 1. The maximum Gasteiger partial charge on any atom is 0.337 e. The van der Waals surface area contributed by atoms with Crippen LogP contribution in [0.25, 0.3) is 0 Å². The Hall–Kier alpha value is -3.11. The third-order valence-electron chi connectivity index (χ3n) is 4.63. The number of ether oxygens (including phenoxy) is 3. The fraction of sp³-hybridized carbons (Fsp3) is 0.333. The summed E-state index contributed by atoms with van der Waals surface area (Å²) in [4.78, 5) is 24.3. The molecule has 0 saturated carbocycles.